The summed E-state index contributed by atoms with van der Waals surface area (Å²) in [5, 5.41) is 20.8. The molecule has 26 heavy (non-hydrogen) atoms. The maximum atomic E-state index is 12.6. The lowest BCUT2D eigenvalue weighted by Gasteiger charge is -2.11. The van der Waals surface area contributed by atoms with Crippen LogP contribution in [0.25, 0.3) is 0 Å². The molecule has 0 saturated heterocycles. The van der Waals surface area contributed by atoms with Gasteiger partial charge in [-0.05, 0) is 24.3 Å². The number of hydrogen-bond donors (Lipinski definition) is 1. The van der Waals surface area contributed by atoms with Gasteiger partial charge in [0.15, 0.2) is 6.19 Å². The second-order valence-corrected chi connectivity index (χ2v) is 5.15. The lowest BCUT2D eigenvalue weighted by Crippen LogP contribution is -2.18. The zero-order chi connectivity index (χ0) is 19.5. The van der Waals surface area contributed by atoms with Crippen molar-refractivity contribution in [2.24, 2.45) is 0 Å². The highest BCUT2D eigenvalue weighted by Gasteiger charge is 2.31. The van der Waals surface area contributed by atoms with Crippen LogP contribution in [-0.4, -0.2) is 10.8 Å². The van der Waals surface area contributed by atoms with Crippen molar-refractivity contribution in [3.8, 4) is 17.7 Å². The van der Waals surface area contributed by atoms with Crippen molar-refractivity contribution in [2.45, 2.75) is 6.18 Å². The monoisotopic (exact) mass is 385 g/mol. The van der Waals surface area contributed by atoms with E-state index in [1.165, 1.54) is 6.19 Å². The Bertz CT molecular complexity index is 925. The molecule has 0 atom stereocenters. The highest BCUT2D eigenvalue weighted by molar-refractivity contribution is 6.32. The summed E-state index contributed by atoms with van der Waals surface area (Å²) < 4.78 is 43.2. The quantitative estimate of drug-likeness (QED) is 0.366. The number of nitro groups is 1. The number of nitrogens with zero attached hydrogens (tertiary/aromatic N) is 2. The predicted octanol–water partition coefficient (Wildman–Crippen LogP) is 4.27. The van der Waals surface area contributed by atoms with E-state index in [1.807, 2.05) is 0 Å². The Morgan fingerprint density at radius 3 is 2.50 bits per heavy atom. The number of alkyl halides is 3. The molecular formula is C15H7ClF3N3O4. The van der Waals surface area contributed by atoms with Crippen molar-refractivity contribution >= 4 is 23.2 Å². The van der Waals surface area contributed by atoms with Crippen molar-refractivity contribution in [3.63, 3.8) is 0 Å². The maximum absolute atomic E-state index is 12.6. The van der Waals surface area contributed by atoms with Gasteiger partial charge in [-0.15, -0.1) is 0 Å². The van der Waals surface area contributed by atoms with E-state index in [-0.39, 0.29) is 16.5 Å². The molecule has 0 bridgehead atoms. The molecular weight excluding hydrogens is 379 g/mol. The summed E-state index contributed by atoms with van der Waals surface area (Å²) in [6.07, 6.45) is -3.25. The van der Waals surface area contributed by atoms with Crippen LogP contribution in [-0.2, 0) is 6.18 Å². The number of rotatable bonds is 4. The fraction of sp³-hybridized carbons (Fsp3) is 0.0667. The zero-order valence-electron chi connectivity index (χ0n) is 12.5. The molecule has 2 aromatic carbocycles. The molecule has 0 aliphatic heterocycles. The summed E-state index contributed by atoms with van der Waals surface area (Å²) in [5.41, 5.74) is -2.02. The van der Waals surface area contributed by atoms with Crippen LogP contribution in [0.2, 0.25) is 5.02 Å². The van der Waals surface area contributed by atoms with Crippen LogP contribution >= 0.6 is 11.6 Å². The molecule has 0 radical (unpaired) electrons. The third kappa shape index (κ3) is 4.20. The number of carbonyl (C=O) groups is 1. The van der Waals surface area contributed by atoms with Crippen LogP contribution in [0.15, 0.2) is 36.4 Å². The Morgan fingerprint density at radius 2 is 1.96 bits per heavy atom. The first-order chi connectivity index (χ1) is 12.1. The van der Waals surface area contributed by atoms with Crippen LogP contribution in [0.4, 0.5) is 18.9 Å². The van der Waals surface area contributed by atoms with Crippen molar-refractivity contribution < 1.29 is 27.6 Å². The fourth-order valence-corrected chi connectivity index (χ4v) is 2.14. The number of ether oxygens (including phenoxy) is 1. The SMILES string of the molecule is N#CNC(=O)c1cc(Oc2ccc(C(F)(F)F)cc2Cl)ccc1[N+](=O)[O-]. The molecule has 0 unspecified atom stereocenters. The van der Waals surface area contributed by atoms with E-state index in [2.05, 4.69) is 0 Å². The van der Waals surface area contributed by atoms with Crippen molar-refractivity contribution in [1.29, 1.82) is 5.26 Å². The molecule has 0 fully saturated rings. The first-order valence-electron chi connectivity index (χ1n) is 6.66. The first kappa shape index (κ1) is 19.0. The van der Waals surface area contributed by atoms with Crippen LogP contribution in [0.3, 0.4) is 0 Å². The van der Waals surface area contributed by atoms with E-state index in [0.717, 1.165) is 30.3 Å². The minimum Gasteiger partial charge on any atom is -0.456 e. The second kappa shape index (κ2) is 7.28. The summed E-state index contributed by atoms with van der Waals surface area (Å²) in [6.45, 7) is 0. The third-order valence-electron chi connectivity index (χ3n) is 3.07. The molecule has 0 aromatic heterocycles. The summed E-state index contributed by atoms with van der Waals surface area (Å²) in [4.78, 5) is 21.9. The minimum absolute atomic E-state index is 0.0969. The number of nitro benzene ring substituents is 1. The van der Waals surface area contributed by atoms with Crippen molar-refractivity contribution in [3.05, 3.63) is 62.7 Å². The molecule has 7 nitrogen and oxygen atoms in total. The molecule has 2 aromatic rings. The molecule has 0 heterocycles. The lowest BCUT2D eigenvalue weighted by atomic mass is 10.1. The van der Waals surface area contributed by atoms with Gasteiger partial charge in [-0.2, -0.15) is 18.4 Å². The van der Waals surface area contributed by atoms with Gasteiger partial charge < -0.3 is 4.74 Å². The molecule has 11 heteroatoms. The summed E-state index contributed by atoms with van der Waals surface area (Å²) in [7, 11) is 0. The smallest absolute Gasteiger partial charge is 0.416 e. The third-order valence-corrected chi connectivity index (χ3v) is 3.36. The largest absolute Gasteiger partial charge is 0.456 e. The van der Waals surface area contributed by atoms with E-state index in [0.29, 0.717) is 6.07 Å². The van der Waals surface area contributed by atoms with E-state index in [4.69, 9.17) is 21.6 Å². The van der Waals surface area contributed by atoms with Gasteiger partial charge in [0, 0.05) is 12.1 Å². The van der Waals surface area contributed by atoms with Crippen LogP contribution < -0.4 is 10.1 Å². The molecule has 0 spiro atoms. The molecule has 0 aliphatic rings. The maximum Gasteiger partial charge on any atom is 0.416 e. The highest BCUT2D eigenvalue weighted by atomic mass is 35.5. The van der Waals surface area contributed by atoms with E-state index in [1.54, 1.807) is 5.32 Å². The Kier molecular flexibility index (Phi) is 5.33. The van der Waals surface area contributed by atoms with Gasteiger partial charge in [-0.3, -0.25) is 20.2 Å². The number of benzene rings is 2. The number of carbonyl (C=O) groups excluding carboxylic acids is 1. The molecule has 1 N–H and O–H groups in total. The summed E-state index contributed by atoms with van der Waals surface area (Å²) in [5.74, 6) is -1.29. The molecule has 0 aliphatic carbocycles. The van der Waals surface area contributed by atoms with Gasteiger partial charge in [0.05, 0.1) is 15.5 Å². The van der Waals surface area contributed by atoms with Gasteiger partial charge in [0.1, 0.15) is 17.1 Å². The van der Waals surface area contributed by atoms with E-state index >= 15 is 0 Å². The van der Waals surface area contributed by atoms with Crippen LogP contribution in [0, 0.1) is 21.6 Å². The van der Waals surface area contributed by atoms with Gasteiger partial charge in [0.25, 0.3) is 11.6 Å². The van der Waals surface area contributed by atoms with Gasteiger partial charge in [-0.25, -0.2) is 0 Å². The number of hydrogen-bond acceptors (Lipinski definition) is 5. The molecule has 1 amide bonds. The van der Waals surface area contributed by atoms with E-state index < -0.39 is 33.8 Å². The Morgan fingerprint density at radius 1 is 1.27 bits per heavy atom. The fourth-order valence-electron chi connectivity index (χ4n) is 1.92. The van der Waals surface area contributed by atoms with Gasteiger partial charge >= 0.3 is 6.18 Å². The molecule has 0 saturated carbocycles. The second-order valence-electron chi connectivity index (χ2n) is 4.75. The highest BCUT2D eigenvalue weighted by Crippen LogP contribution is 2.37. The topological polar surface area (TPSA) is 105 Å². The Labute approximate surface area is 148 Å². The van der Waals surface area contributed by atoms with Crippen LogP contribution in [0.5, 0.6) is 11.5 Å². The normalized spacial score (nSPS) is 10.7. The molecule has 2 rings (SSSR count). The van der Waals surface area contributed by atoms with Crippen LogP contribution in [0.1, 0.15) is 15.9 Å². The molecule has 134 valence electrons. The van der Waals surface area contributed by atoms with Gasteiger partial charge in [-0.1, -0.05) is 11.6 Å². The van der Waals surface area contributed by atoms with Gasteiger partial charge in [0.2, 0.25) is 0 Å². The zero-order valence-corrected chi connectivity index (χ0v) is 13.3. The predicted molar refractivity (Wildman–Crippen MR) is 82.7 cm³/mol. The number of nitriles is 1. The number of nitrogens with one attached hydrogen (secondary N) is 1. The van der Waals surface area contributed by atoms with E-state index in [9.17, 15) is 28.1 Å². The minimum atomic E-state index is -4.59. The first-order valence-corrected chi connectivity index (χ1v) is 7.03. The number of amides is 1. The van der Waals surface area contributed by atoms with Crippen molar-refractivity contribution in [2.75, 3.05) is 0 Å². The lowest BCUT2D eigenvalue weighted by molar-refractivity contribution is -0.385. The summed E-state index contributed by atoms with van der Waals surface area (Å²) in [6, 6.07) is 5.44. The Hall–Kier alpha value is -3.32. The Balaban J connectivity index is 2.39. The van der Waals surface area contributed by atoms with Crippen molar-refractivity contribution in [1.82, 2.24) is 5.32 Å². The summed E-state index contributed by atoms with van der Waals surface area (Å²) >= 11 is 5.76. The average Bonchev–Trinajstić information content (AvgIpc) is 2.55. The average molecular weight is 386 g/mol. The standard InChI is InChI=1S/C15H7ClF3N3O4/c16-11-5-8(15(17,18)19)1-4-13(11)26-9-2-3-12(22(24)25)10(6-9)14(23)21-7-20/h1-6H,(H,21,23). The number of halogens is 4.